The number of rotatable bonds is 6. The number of benzene rings is 1. The van der Waals surface area contributed by atoms with Crippen molar-refractivity contribution in [2.75, 3.05) is 5.32 Å². The highest BCUT2D eigenvalue weighted by Crippen LogP contribution is 2.36. The number of ether oxygens (including phenoxy) is 1. The van der Waals surface area contributed by atoms with Crippen LogP contribution in [0.1, 0.15) is 50.9 Å². The Hall–Kier alpha value is -2.18. The van der Waals surface area contributed by atoms with Crippen molar-refractivity contribution in [2.24, 2.45) is 5.92 Å². The van der Waals surface area contributed by atoms with Gasteiger partial charge < -0.3 is 10.1 Å². The molecule has 1 atom stereocenters. The van der Waals surface area contributed by atoms with Crippen molar-refractivity contribution in [3.05, 3.63) is 50.9 Å². The molecule has 1 aromatic carbocycles. The van der Waals surface area contributed by atoms with Crippen LogP contribution in [0.15, 0.2) is 24.3 Å². The summed E-state index contributed by atoms with van der Waals surface area (Å²) in [5, 5.41) is 3.84. The van der Waals surface area contributed by atoms with Crippen molar-refractivity contribution < 1.29 is 19.1 Å². The number of nitrogens with one attached hydrogen (secondary N) is 1. The van der Waals surface area contributed by atoms with E-state index in [2.05, 4.69) is 5.32 Å². The molecular formula is C20H20ClNO4S. The summed E-state index contributed by atoms with van der Waals surface area (Å²) >= 11 is 7.18. The summed E-state index contributed by atoms with van der Waals surface area (Å²) in [6, 6.07) is 6.41. The molecule has 1 N–H and O–H groups in total. The van der Waals surface area contributed by atoms with E-state index in [1.807, 2.05) is 6.92 Å². The van der Waals surface area contributed by atoms with Gasteiger partial charge in [0.25, 0.3) is 0 Å². The fraction of sp³-hybridized carbons (Fsp3) is 0.350. The highest BCUT2D eigenvalue weighted by atomic mass is 35.5. The smallest absolute Gasteiger partial charge is 0.342 e. The first kappa shape index (κ1) is 19.6. The molecule has 0 unspecified atom stereocenters. The largest absolute Gasteiger partial charge is 0.451 e. The highest BCUT2D eigenvalue weighted by molar-refractivity contribution is 7.16. The Bertz CT molecular complexity index is 899. The summed E-state index contributed by atoms with van der Waals surface area (Å²) in [5.41, 5.74) is 1.49. The van der Waals surface area contributed by atoms with Crippen molar-refractivity contribution in [1.29, 1.82) is 0 Å². The van der Waals surface area contributed by atoms with E-state index in [1.165, 1.54) is 18.3 Å². The maximum absolute atomic E-state index is 12.7. The molecule has 0 bridgehead atoms. The Kier molecular flexibility index (Phi) is 5.67. The van der Waals surface area contributed by atoms with E-state index in [-0.39, 0.29) is 17.6 Å². The van der Waals surface area contributed by atoms with Crippen LogP contribution in [-0.4, -0.2) is 23.8 Å². The lowest BCUT2D eigenvalue weighted by molar-refractivity contribution is -0.117. The second kappa shape index (κ2) is 7.82. The number of amides is 1. The lowest BCUT2D eigenvalue weighted by Crippen LogP contribution is -2.25. The lowest BCUT2D eigenvalue weighted by Gasteiger charge is -2.14. The van der Waals surface area contributed by atoms with Gasteiger partial charge >= 0.3 is 5.97 Å². The molecule has 1 fully saturated rings. The summed E-state index contributed by atoms with van der Waals surface area (Å²) in [5.74, 6) is -0.969. The summed E-state index contributed by atoms with van der Waals surface area (Å²) < 4.78 is 5.41. The number of aryl methyl sites for hydroxylation is 1. The monoisotopic (exact) mass is 405 g/mol. The van der Waals surface area contributed by atoms with E-state index >= 15 is 0 Å². The first-order valence-electron chi connectivity index (χ1n) is 8.69. The van der Waals surface area contributed by atoms with Gasteiger partial charge in [0.2, 0.25) is 11.7 Å². The van der Waals surface area contributed by atoms with Crippen LogP contribution in [0.25, 0.3) is 0 Å². The molecule has 5 nitrogen and oxygen atoms in total. The van der Waals surface area contributed by atoms with Crippen molar-refractivity contribution in [2.45, 2.75) is 39.7 Å². The molecule has 0 spiro atoms. The van der Waals surface area contributed by atoms with Gasteiger partial charge in [-0.05, 0) is 63.4 Å². The van der Waals surface area contributed by atoms with E-state index in [4.69, 9.17) is 16.3 Å². The van der Waals surface area contributed by atoms with E-state index in [9.17, 15) is 14.4 Å². The number of halogens is 1. The van der Waals surface area contributed by atoms with Crippen LogP contribution >= 0.6 is 22.9 Å². The first-order valence-corrected chi connectivity index (χ1v) is 9.89. The summed E-state index contributed by atoms with van der Waals surface area (Å²) in [6.45, 7) is 5.22. The molecule has 1 aromatic heterocycles. The minimum absolute atomic E-state index is 0.0296. The normalized spacial score (nSPS) is 14.5. The SMILES string of the molecule is Cc1sc(NC(=O)C2CC2)c(C(=O)O[C@@H](C)C(=O)c2ccc(Cl)cc2)c1C. The Labute approximate surface area is 166 Å². The van der Waals surface area contributed by atoms with Crippen LogP contribution in [-0.2, 0) is 9.53 Å². The third-order valence-corrected chi connectivity index (χ3v) is 5.93. The molecule has 7 heteroatoms. The third-order valence-electron chi connectivity index (χ3n) is 4.56. The second-order valence-corrected chi connectivity index (χ2v) is 8.33. The topological polar surface area (TPSA) is 72.5 Å². The molecule has 142 valence electrons. The predicted octanol–water partition coefficient (Wildman–Crippen LogP) is 4.80. The number of carbonyl (C=O) groups is 3. The van der Waals surface area contributed by atoms with Gasteiger partial charge in [0.05, 0.1) is 5.56 Å². The maximum Gasteiger partial charge on any atom is 0.342 e. The molecule has 0 aliphatic heterocycles. The van der Waals surface area contributed by atoms with Crippen LogP contribution in [0.5, 0.6) is 0 Å². The van der Waals surface area contributed by atoms with Gasteiger partial charge in [-0.3, -0.25) is 9.59 Å². The van der Waals surface area contributed by atoms with Crippen LogP contribution < -0.4 is 5.32 Å². The highest BCUT2D eigenvalue weighted by Gasteiger charge is 2.32. The van der Waals surface area contributed by atoms with E-state index in [1.54, 1.807) is 31.2 Å². The molecule has 0 radical (unpaired) electrons. The minimum Gasteiger partial charge on any atom is -0.451 e. The van der Waals surface area contributed by atoms with Gasteiger partial charge in [-0.25, -0.2) is 4.79 Å². The van der Waals surface area contributed by atoms with Gasteiger partial charge in [-0.15, -0.1) is 11.3 Å². The number of esters is 1. The zero-order valence-corrected chi connectivity index (χ0v) is 16.9. The minimum atomic E-state index is -0.953. The van der Waals surface area contributed by atoms with Crippen molar-refractivity contribution in [3.63, 3.8) is 0 Å². The average Bonchev–Trinajstić information content (AvgIpc) is 3.42. The molecule has 0 saturated heterocycles. The Morgan fingerprint density at radius 2 is 1.81 bits per heavy atom. The molecule has 1 heterocycles. The molecule has 1 aliphatic rings. The molecule has 1 amide bonds. The number of hydrogen-bond acceptors (Lipinski definition) is 5. The number of hydrogen-bond donors (Lipinski definition) is 1. The average molecular weight is 406 g/mol. The van der Waals surface area contributed by atoms with Gasteiger partial charge in [-0.1, -0.05) is 11.6 Å². The second-order valence-electron chi connectivity index (χ2n) is 6.67. The van der Waals surface area contributed by atoms with Crippen LogP contribution in [0.3, 0.4) is 0 Å². The van der Waals surface area contributed by atoms with E-state index < -0.39 is 12.1 Å². The molecule has 3 rings (SSSR count). The molecule has 1 saturated carbocycles. The number of thiophene rings is 1. The van der Waals surface area contributed by atoms with E-state index in [0.29, 0.717) is 21.2 Å². The number of ketones is 1. The number of anilines is 1. The van der Waals surface area contributed by atoms with Gasteiger partial charge in [0.15, 0.2) is 6.10 Å². The Morgan fingerprint density at radius 1 is 1.19 bits per heavy atom. The van der Waals surface area contributed by atoms with Crippen LogP contribution in [0.4, 0.5) is 5.00 Å². The summed E-state index contributed by atoms with van der Waals surface area (Å²) in [6.07, 6.45) is 0.800. The van der Waals surface area contributed by atoms with Crippen molar-refractivity contribution in [3.8, 4) is 0 Å². The Morgan fingerprint density at radius 3 is 2.41 bits per heavy atom. The Balaban J connectivity index is 1.75. The number of Topliss-reactive ketones (excluding diaryl/α,β-unsaturated/α-hetero) is 1. The van der Waals surface area contributed by atoms with Crippen LogP contribution in [0.2, 0.25) is 5.02 Å². The molecule has 2 aromatic rings. The summed E-state index contributed by atoms with van der Waals surface area (Å²) in [7, 11) is 0. The predicted molar refractivity (Wildman–Crippen MR) is 106 cm³/mol. The fourth-order valence-corrected chi connectivity index (χ4v) is 3.82. The quantitative estimate of drug-likeness (QED) is 0.553. The summed E-state index contributed by atoms with van der Waals surface area (Å²) in [4.78, 5) is 38.2. The zero-order valence-electron chi connectivity index (χ0n) is 15.3. The number of carbonyl (C=O) groups excluding carboxylic acids is 3. The fourth-order valence-electron chi connectivity index (χ4n) is 2.64. The van der Waals surface area contributed by atoms with E-state index in [0.717, 1.165) is 23.3 Å². The molecular weight excluding hydrogens is 386 g/mol. The van der Waals surface area contributed by atoms with Crippen molar-refractivity contribution in [1.82, 2.24) is 0 Å². The van der Waals surface area contributed by atoms with Gasteiger partial charge in [0, 0.05) is 21.4 Å². The lowest BCUT2D eigenvalue weighted by atomic mass is 10.1. The zero-order chi connectivity index (χ0) is 19.7. The first-order chi connectivity index (χ1) is 12.8. The molecule has 1 aliphatic carbocycles. The van der Waals surface area contributed by atoms with Gasteiger partial charge in [-0.2, -0.15) is 0 Å². The molecule has 27 heavy (non-hydrogen) atoms. The van der Waals surface area contributed by atoms with Gasteiger partial charge in [0.1, 0.15) is 5.00 Å². The standard InChI is InChI=1S/C20H20ClNO4S/c1-10-12(3)27-19(22-18(24)14-4-5-14)16(10)20(25)26-11(2)17(23)13-6-8-15(21)9-7-13/h6-9,11,14H,4-5H2,1-3H3,(H,22,24)/t11-/m0/s1. The third kappa shape index (κ3) is 4.39. The maximum atomic E-state index is 12.7. The van der Waals surface area contributed by atoms with Crippen molar-refractivity contribution >= 4 is 45.6 Å². The van der Waals surface area contributed by atoms with Crippen LogP contribution in [0, 0.1) is 19.8 Å².